The highest BCUT2D eigenvalue weighted by Gasteiger charge is 2.24. The van der Waals surface area contributed by atoms with E-state index in [2.05, 4.69) is 20.4 Å². The van der Waals surface area contributed by atoms with Crippen molar-refractivity contribution in [1.29, 1.82) is 0 Å². The molecule has 4 aromatic rings. The van der Waals surface area contributed by atoms with Gasteiger partial charge in [-0.05, 0) is 50.1 Å². The maximum Gasteiger partial charge on any atom is 0.254 e. The van der Waals surface area contributed by atoms with E-state index in [1.807, 2.05) is 26.1 Å². The van der Waals surface area contributed by atoms with Gasteiger partial charge in [-0.2, -0.15) is 5.10 Å². The lowest BCUT2D eigenvalue weighted by atomic mass is 9.97. The summed E-state index contributed by atoms with van der Waals surface area (Å²) >= 11 is 6.30. The van der Waals surface area contributed by atoms with E-state index in [0.717, 1.165) is 11.3 Å². The molecule has 0 fully saturated rings. The number of aromatic nitrogens is 5. The van der Waals surface area contributed by atoms with Crippen molar-refractivity contribution in [3.63, 3.8) is 0 Å². The molecule has 0 saturated carbocycles. The zero-order valence-electron chi connectivity index (χ0n) is 23.1. The van der Waals surface area contributed by atoms with Gasteiger partial charge in [0.2, 0.25) is 5.91 Å². The number of amides is 1. The minimum Gasteiger partial charge on any atom is -0.401 e. The molecule has 3 aromatic heterocycles. The number of hydrogen-bond donors (Lipinski definition) is 3. The standard InChI is InChI=1S/C29H32ClN9O2/c1-17-5-4-6-26(23-11-19(9-10-33-23)28-24(36-29(17)41)14-35-37(28)3)38-16-34-22(13-27(38)40)21-12-20(30)7-8-25(21)39(32)15-18(2)31/h7-17,26H,4-6,31-32H2,1-3H3,(H,36,41)/b18-15-. The third-order valence-electron chi connectivity index (χ3n) is 7.18. The highest BCUT2D eigenvalue weighted by molar-refractivity contribution is 6.31. The number of rotatable bonds is 4. The second-order valence-electron chi connectivity index (χ2n) is 10.3. The maximum atomic E-state index is 13.7. The van der Waals surface area contributed by atoms with Crippen LogP contribution >= 0.6 is 11.6 Å². The molecule has 2 atom stereocenters. The summed E-state index contributed by atoms with van der Waals surface area (Å²) in [6.45, 7) is 3.62. The van der Waals surface area contributed by atoms with E-state index in [1.54, 1.807) is 53.0 Å². The quantitative estimate of drug-likeness (QED) is 0.243. The Morgan fingerprint density at radius 1 is 1.17 bits per heavy atom. The van der Waals surface area contributed by atoms with E-state index in [0.29, 0.717) is 58.3 Å². The van der Waals surface area contributed by atoms with Crippen molar-refractivity contribution in [1.82, 2.24) is 24.3 Å². The SMILES string of the molecule is C/C(N)=C/N(N)c1ccc(Cl)cc1-c1cc(=O)n(C2CCCC(C)C(=O)Nc3cnn(C)c3-c3ccnc2c3)cn1. The summed E-state index contributed by atoms with van der Waals surface area (Å²) < 4.78 is 3.30. The predicted molar refractivity (Wildman–Crippen MR) is 160 cm³/mol. The number of aryl methyl sites for hydroxylation is 1. The van der Waals surface area contributed by atoms with Crippen LogP contribution in [0.15, 0.2) is 71.8 Å². The predicted octanol–water partition coefficient (Wildman–Crippen LogP) is 4.21. The van der Waals surface area contributed by atoms with Gasteiger partial charge >= 0.3 is 0 Å². The topological polar surface area (TPSA) is 150 Å². The Kier molecular flexibility index (Phi) is 7.91. The van der Waals surface area contributed by atoms with Crippen LogP contribution in [-0.2, 0) is 11.8 Å². The minimum absolute atomic E-state index is 0.0696. The Morgan fingerprint density at radius 2 is 1.98 bits per heavy atom. The summed E-state index contributed by atoms with van der Waals surface area (Å²) in [7, 11) is 1.82. The number of hydrogen-bond acceptors (Lipinski definition) is 8. The molecular weight excluding hydrogens is 542 g/mol. The van der Waals surface area contributed by atoms with Crippen LogP contribution in [-0.4, -0.2) is 30.2 Å². The second kappa shape index (κ2) is 11.6. The van der Waals surface area contributed by atoms with Gasteiger partial charge in [-0.1, -0.05) is 24.9 Å². The lowest BCUT2D eigenvalue weighted by Gasteiger charge is -2.22. The van der Waals surface area contributed by atoms with Gasteiger partial charge in [0.1, 0.15) is 0 Å². The van der Waals surface area contributed by atoms with Gasteiger partial charge in [0.05, 0.1) is 47.0 Å². The van der Waals surface area contributed by atoms with Crippen molar-refractivity contribution in [2.75, 3.05) is 10.3 Å². The van der Waals surface area contributed by atoms with Crippen molar-refractivity contribution >= 4 is 28.9 Å². The monoisotopic (exact) mass is 573 g/mol. The first-order valence-corrected chi connectivity index (χ1v) is 13.6. The number of benzene rings is 1. The molecule has 1 aliphatic rings. The van der Waals surface area contributed by atoms with Crippen LogP contribution in [0, 0.1) is 5.92 Å². The zero-order valence-corrected chi connectivity index (χ0v) is 23.8. The average molecular weight is 574 g/mol. The average Bonchev–Trinajstić information content (AvgIpc) is 3.29. The molecule has 2 bridgehead atoms. The molecule has 12 heteroatoms. The normalized spacial score (nSPS) is 17.7. The Hall–Kier alpha value is -4.48. The molecule has 11 nitrogen and oxygen atoms in total. The number of allylic oxidation sites excluding steroid dienone is 1. The molecule has 1 amide bonds. The van der Waals surface area contributed by atoms with Crippen molar-refractivity contribution in [3.8, 4) is 22.5 Å². The Labute approximate surface area is 242 Å². The zero-order chi connectivity index (χ0) is 29.3. The number of nitrogens with zero attached hydrogens (tertiary/aromatic N) is 6. The Balaban J connectivity index is 1.59. The summed E-state index contributed by atoms with van der Waals surface area (Å²) in [6, 6.07) is 10.0. The van der Waals surface area contributed by atoms with E-state index in [1.165, 1.54) is 17.4 Å². The van der Waals surface area contributed by atoms with Crippen LogP contribution in [0.5, 0.6) is 0 Å². The number of carbonyl (C=O) groups excluding carboxylic acids is 1. The third-order valence-corrected chi connectivity index (χ3v) is 7.42. The molecule has 5 rings (SSSR count). The molecule has 0 spiro atoms. The van der Waals surface area contributed by atoms with E-state index in [9.17, 15) is 9.59 Å². The van der Waals surface area contributed by atoms with E-state index in [4.69, 9.17) is 23.2 Å². The molecule has 212 valence electrons. The molecule has 1 aromatic carbocycles. The second-order valence-corrected chi connectivity index (χ2v) is 10.7. The molecule has 2 unspecified atom stereocenters. The largest absolute Gasteiger partial charge is 0.401 e. The summed E-state index contributed by atoms with van der Waals surface area (Å²) in [5, 5.41) is 9.23. The lowest BCUT2D eigenvalue weighted by molar-refractivity contribution is -0.119. The molecule has 1 aliphatic heterocycles. The van der Waals surface area contributed by atoms with Crippen LogP contribution in [0.4, 0.5) is 11.4 Å². The van der Waals surface area contributed by atoms with Crippen molar-refractivity contribution in [3.05, 3.63) is 88.1 Å². The molecule has 0 saturated heterocycles. The summed E-state index contributed by atoms with van der Waals surface area (Å²) in [5.41, 5.74) is 10.6. The van der Waals surface area contributed by atoms with Gasteiger partial charge in [0, 0.05) is 53.3 Å². The van der Waals surface area contributed by atoms with Crippen LogP contribution in [0.25, 0.3) is 22.5 Å². The van der Waals surface area contributed by atoms with Crippen molar-refractivity contribution in [2.24, 2.45) is 24.5 Å². The highest BCUT2D eigenvalue weighted by Crippen LogP contribution is 2.34. The summed E-state index contributed by atoms with van der Waals surface area (Å²) in [5.74, 6) is 5.93. The van der Waals surface area contributed by atoms with Gasteiger partial charge in [-0.25, -0.2) is 10.8 Å². The maximum absolute atomic E-state index is 13.7. The number of carbonyl (C=O) groups is 1. The number of nitrogens with two attached hydrogens (primary N) is 2. The molecule has 0 radical (unpaired) electrons. The fourth-order valence-corrected chi connectivity index (χ4v) is 5.27. The molecule has 4 heterocycles. The molecular formula is C29H32ClN9O2. The van der Waals surface area contributed by atoms with Crippen LogP contribution in [0.2, 0.25) is 5.02 Å². The van der Waals surface area contributed by atoms with Gasteiger partial charge in [0.15, 0.2) is 0 Å². The van der Waals surface area contributed by atoms with E-state index < -0.39 is 6.04 Å². The molecule has 41 heavy (non-hydrogen) atoms. The molecule has 0 aliphatic carbocycles. The van der Waals surface area contributed by atoms with E-state index in [-0.39, 0.29) is 17.4 Å². The van der Waals surface area contributed by atoms with Crippen LogP contribution < -0.4 is 27.5 Å². The van der Waals surface area contributed by atoms with Gasteiger partial charge in [0.25, 0.3) is 5.56 Å². The van der Waals surface area contributed by atoms with Crippen molar-refractivity contribution in [2.45, 2.75) is 39.2 Å². The fourth-order valence-electron chi connectivity index (χ4n) is 5.10. The first kappa shape index (κ1) is 28.1. The first-order chi connectivity index (χ1) is 19.6. The lowest BCUT2D eigenvalue weighted by Crippen LogP contribution is -2.28. The number of nitrogens with one attached hydrogen (secondary N) is 1. The van der Waals surface area contributed by atoms with Crippen LogP contribution in [0.3, 0.4) is 0 Å². The number of fused-ring (bicyclic) bond motifs is 4. The number of hydrazine groups is 1. The smallest absolute Gasteiger partial charge is 0.254 e. The Bertz CT molecular complexity index is 1690. The first-order valence-electron chi connectivity index (χ1n) is 13.3. The van der Waals surface area contributed by atoms with Gasteiger partial charge < -0.3 is 11.1 Å². The van der Waals surface area contributed by atoms with Crippen LogP contribution in [0.1, 0.15) is 44.8 Å². The minimum atomic E-state index is -0.400. The fraction of sp³-hybridized carbons (Fsp3) is 0.276. The molecule has 5 N–H and O–H groups in total. The number of halogens is 1. The Morgan fingerprint density at radius 3 is 2.73 bits per heavy atom. The number of anilines is 2. The van der Waals surface area contributed by atoms with E-state index >= 15 is 0 Å². The third kappa shape index (κ3) is 5.86. The number of pyridine rings is 1. The summed E-state index contributed by atoms with van der Waals surface area (Å²) in [6.07, 6.45) is 8.39. The van der Waals surface area contributed by atoms with Gasteiger partial charge in [-0.3, -0.25) is 28.8 Å². The van der Waals surface area contributed by atoms with Gasteiger partial charge in [-0.15, -0.1) is 0 Å². The van der Waals surface area contributed by atoms with Crippen molar-refractivity contribution < 1.29 is 4.79 Å². The summed E-state index contributed by atoms with van der Waals surface area (Å²) in [4.78, 5) is 35.9. The highest BCUT2D eigenvalue weighted by atomic mass is 35.5.